The third-order valence-corrected chi connectivity index (χ3v) is 6.75. The van der Waals surface area contributed by atoms with E-state index in [1.54, 1.807) is 17.8 Å². The summed E-state index contributed by atoms with van der Waals surface area (Å²) in [5.41, 5.74) is 1.78. The van der Waals surface area contributed by atoms with Gasteiger partial charge in [-0.05, 0) is 48.8 Å². The standard InChI is InChI=1S/C20H17ClFN3OS2/c1-27-9-8-15(19-23-13-4-2-3-5-14(13)24-19)25-20(26)18-17(21)12-7-6-11(22)10-16(12)28-18/h2-7,10,15H,8-9H2,1H3,(H,23,24)(H,25,26)/t15-/m0/s1. The van der Waals surface area contributed by atoms with Crippen LogP contribution in [-0.2, 0) is 0 Å². The number of para-hydroxylation sites is 2. The second kappa shape index (κ2) is 8.11. The first kappa shape index (κ1) is 19.2. The molecule has 2 aromatic heterocycles. The van der Waals surface area contributed by atoms with E-state index in [4.69, 9.17) is 11.6 Å². The summed E-state index contributed by atoms with van der Waals surface area (Å²) < 4.78 is 14.2. The van der Waals surface area contributed by atoms with Crippen LogP contribution in [0.15, 0.2) is 42.5 Å². The number of halogens is 2. The second-order valence-corrected chi connectivity index (χ2v) is 8.75. The molecule has 28 heavy (non-hydrogen) atoms. The predicted octanol–water partition coefficient (Wildman–Crippen LogP) is 5.79. The van der Waals surface area contributed by atoms with Gasteiger partial charge in [0.2, 0.25) is 0 Å². The van der Waals surface area contributed by atoms with Crippen LogP contribution in [-0.4, -0.2) is 27.9 Å². The van der Waals surface area contributed by atoms with Gasteiger partial charge in [0.05, 0.1) is 22.1 Å². The average Bonchev–Trinajstić information content (AvgIpc) is 3.26. The highest BCUT2D eigenvalue weighted by Gasteiger charge is 2.23. The Labute approximate surface area is 174 Å². The molecule has 4 aromatic rings. The molecule has 0 aliphatic rings. The number of hydrogen-bond acceptors (Lipinski definition) is 4. The lowest BCUT2D eigenvalue weighted by Gasteiger charge is -2.16. The zero-order chi connectivity index (χ0) is 19.7. The third kappa shape index (κ3) is 3.74. The SMILES string of the molecule is CSCC[C@H](NC(=O)c1sc2cc(F)ccc2c1Cl)c1nc2ccccc2[nH]1. The van der Waals surface area contributed by atoms with Gasteiger partial charge in [-0.15, -0.1) is 11.3 Å². The number of benzene rings is 2. The molecule has 4 nitrogen and oxygen atoms in total. The number of nitrogens with one attached hydrogen (secondary N) is 2. The first-order valence-electron chi connectivity index (χ1n) is 8.69. The number of thiophene rings is 1. The van der Waals surface area contributed by atoms with Crippen LogP contribution in [0.4, 0.5) is 4.39 Å². The first-order valence-corrected chi connectivity index (χ1v) is 11.3. The number of rotatable bonds is 6. The molecule has 0 radical (unpaired) electrons. The molecule has 1 atom stereocenters. The van der Waals surface area contributed by atoms with E-state index in [9.17, 15) is 9.18 Å². The Hall–Kier alpha value is -2.09. The lowest BCUT2D eigenvalue weighted by atomic mass is 10.2. The van der Waals surface area contributed by atoms with Crippen molar-refractivity contribution in [3.8, 4) is 0 Å². The lowest BCUT2D eigenvalue weighted by Crippen LogP contribution is -2.29. The van der Waals surface area contributed by atoms with Gasteiger partial charge in [0, 0.05) is 10.1 Å². The highest BCUT2D eigenvalue weighted by molar-refractivity contribution is 7.98. The molecule has 144 valence electrons. The minimum atomic E-state index is -0.350. The molecule has 0 unspecified atom stereocenters. The molecule has 0 spiro atoms. The number of nitrogens with zero attached hydrogens (tertiary/aromatic N) is 1. The molecule has 2 N–H and O–H groups in total. The Kier molecular flexibility index (Phi) is 5.57. The summed E-state index contributed by atoms with van der Waals surface area (Å²) in [6.07, 6.45) is 2.75. The maximum atomic E-state index is 13.5. The van der Waals surface area contributed by atoms with Gasteiger partial charge >= 0.3 is 0 Å². The summed E-state index contributed by atoms with van der Waals surface area (Å²) in [4.78, 5) is 21.3. The third-order valence-electron chi connectivity index (χ3n) is 4.45. The smallest absolute Gasteiger partial charge is 0.263 e. The number of thioether (sulfide) groups is 1. The van der Waals surface area contributed by atoms with Crippen molar-refractivity contribution in [3.63, 3.8) is 0 Å². The summed E-state index contributed by atoms with van der Waals surface area (Å²) in [5, 5.41) is 4.08. The van der Waals surface area contributed by atoms with Crippen LogP contribution in [0.5, 0.6) is 0 Å². The Morgan fingerprint density at radius 3 is 2.96 bits per heavy atom. The van der Waals surface area contributed by atoms with Gasteiger partial charge < -0.3 is 10.3 Å². The highest BCUT2D eigenvalue weighted by atomic mass is 35.5. The maximum Gasteiger partial charge on any atom is 0.263 e. The molecule has 8 heteroatoms. The maximum absolute atomic E-state index is 13.5. The summed E-state index contributed by atoms with van der Waals surface area (Å²) in [7, 11) is 0. The summed E-state index contributed by atoms with van der Waals surface area (Å²) >= 11 is 9.30. The van der Waals surface area contributed by atoms with Gasteiger partial charge in [-0.3, -0.25) is 4.79 Å². The van der Waals surface area contributed by atoms with Crippen molar-refractivity contribution >= 4 is 61.7 Å². The number of H-pyrrole nitrogens is 1. The van der Waals surface area contributed by atoms with Crippen LogP contribution in [0.25, 0.3) is 21.1 Å². The van der Waals surface area contributed by atoms with Gasteiger partial charge in [0.15, 0.2) is 0 Å². The normalized spacial score (nSPS) is 12.5. The average molecular weight is 434 g/mol. The lowest BCUT2D eigenvalue weighted by molar-refractivity contribution is 0.0938. The number of aromatic nitrogens is 2. The number of carbonyl (C=O) groups is 1. The van der Waals surface area contributed by atoms with E-state index < -0.39 is 0 Å². The van der Waals surface area contributed by atoms with Crippen LogP contribution in [0.2, 0.25) is 5.02 Å². The number of amides is 1. The van der Waals surface area contributed by atoms with Gasteiger partial charge in [0.25, 0.3) is 5.91 Å². The van der Waals surface area contributed by atoms with E-state index in [-0.39, 0.29) is 17.8 Å². The minimum Gasteiger partial charge on any atom is -0.341 e. The van der Waals surface area contributed by atoms with E-state index >= 15 is 0 Å². The molecule has 0 aliphatic carbocycles. The Bertz CT molecular complexity index is 1120. The molecule has 4 rings (SSSR count). The molecule has 2 aromatic carbocycles. The van der Waals surface area contributed by atoms with Gasteiger partial charge in [0.1, 0.15) is 16.5 Å². The monoisotopic (exact) mass is 433 g/mol. The molecular weight excluding hydrogens is 417 g/mol. The quantitative estimate of drug-likeness (QED) is 0.404. The largest absolute Gasteiger partial charge is 0.341 e. The fourth-order valence-electron chi connectivity index (χ4n) is 3.06. The Morgan fingerprint density at radius 2 is 2.18 bits per heavy atom. The molecule has 0 aliphatic heterocycles. The van der Waals surface area contributed by atoms with Crippen molar-refractivity contribution < 1.29 is 9.18 Å². The van der Waals surface area contributed by atoms with Crippen LogP contribution in [0.1, 0.15) is 28.0 Å². The zero-order valence-electron chi connectivity index (χ0n) is 15.0. The van der Waals surface area contributed by atoms with Crippen molar-refractivity contribution in [1.29, 1.82) is 0 Å². The highest BCUT2D eigenvalue weighted by Crippen LogP contribution is 2.36. The minimum absolute atomic E-state index is 0.273. The fraction of sp³-hybridized carbons (Fsp3) is 0.200. The zero-order valence-corrected chi connectivity index (χ0v) is 17.3. The van der Waals surface area contributed by atoms with Crippen LogP contribution < -0.4 is 5.32 Å². The Balaban J connectivity index is 1.64. The van der Waals surface area contributed by atoms with E-state index in [0.29, 0.717) is 25.8 Å². The van der Waals surface area contributed by atoms with Crippen LogP contribution in [0.3, 0.4) is 0 Å². The second-order valence-electron chi connectivity index (χ2n) is 6.33. The molecule has 1 amide bonds. The Morgan fingerprint density at radius 1 is 1.36 bits per heavy atom. The number of aromatic amines is 1. The van der Waals surface area contributed by atoms with Crippen molar-refractivity contribution in [3.05, 3.63) is 64.0 Å². The molecule has 2 heterocycles. The molecule has 0 bridgehead atoms. The number of imidazole rings is 1. The summed E-state index contributed by atoms with van der Waals surface area (Å²) in [6, 6.07) is 11.8. The van der Waals surface area contributed by atoms with Gasteiger partial charge in [-0.2, -0.15) is 11.8 Å². The summed E-state index contributed by atoms with van der Waals surface area (Å²) in [5.74, 6) is 0.954. The van der Waals surface area contributed by atoms with Crippen molar-refractivity contribution in [2.24, 2.45) is 0 Å². The topological polar surface area (TPSA) is 57.8 Å². The molecule has 0 fully saturated rings. The van der Waals surface area contributed by atoms with E-state index in [2.05, 4.69) is 15.3 Å². The van der Waals surface area contributed by atoms with Gasteiger partial charge in [-0.1, -0.05) is 23.7 Å². The van der Waals surface area contributed by atoms with Gasteiger partial charge in [-0.25, -0.2) is 9.37 Å². The first-order chi connectivity index (χ1) is 13.6. The number of hydrogen-bond donors (Lipinski definition) is 2. The fourth-order valence-corrected chi connectivity index (χ4v) is 4.98. The number of carbonyl (C=O) groups excluding carboxylic acids is 1. The van der Waals surface area contributed by atoms with E-state index in [1.165, 1.54) is 23.5 Å². The van der Waals surface area contributed by atoms with E-state index in [0.717, 1.165) is 23.2 Å². The number of fused-ring (bicyclic) bond motifs is 2. The van der Waals surface area contributed by atoms with Crippen molar-refractivity contribution in [2.75, 3.05) is 12.0 Å². The summed E-state index contributed by atoms with van der Waals surface area (Å²) in [6.45, 7) is 0. The molecule has 0 saturated heterocycles. The van der Waals surface area contributed by atoms with Crippen molar-refractivity contribution in [2.45, 2.75) is 12.5 Å². The molecule has 0 saturated carbocycles. The van der Waals surface area contributed by atoms with Crippen molar-refractivity contribution in [1.82, 2.24) is 15.3 Å². The molecular formula is C20H17ClFN3OS2. The predicted molar refractivity (Wildman–Crippen MR) is 116 cm³/mol. The van der Waals surface area contributed by atoms with Crippen LogP contribution >= 0.6 is 34.7 Å². The van der Waals surface area contributed by atoms with Crippen LogP contribution in [0, 0.1) is 5.82 Å². The van der Waals surface area contributed by atoms with E-state index in [1.807, 2.05) is 30.5 Å².